The van der Waals surface area contributed by atoms with Crippen molar-refractivity contribution in [2.24, 2.45) is 4.99 Å². The van der Waals surface area contributed by atoms with E-state index in [0.717, 1.165) is 28.6 Å². The Morgan fingerprint density at radius 1 is 1.31 bits per heavy atom. The van der Waals surface area contributed by atoms with Gasteiger partial charge in [-0.05, 0) is 48.4 Å². The lowest BCUT2D eigenvalue weighted by Crippen LogP contribution is -2.41. The van der Waals surface area contributed by atoms with Crippen molar-refractivity contribution >= 4 is 17.6 Å². The second-order valence-electron chi connectivity index (χ2n) is 6.61. The van der Waals surface area contributed by atoms with E-state index in [2.05, 4.69) is 10.3 Å². The van der Waals surface area contributed by atoms with Gasteiger partial charge in [0.1, 0.15) is 23.9 Å². The fraction of sp³-hybridized carbons (Fsp3) is 0.381. The Morgan fingerprint density at radius 2 is 2.10 bits per heavy atom. The molecule has 0 fully saturated rings. The fourth-order valence-corrected chi connectivity index (χ4v) is 3.20. The molecule has 1 heterocycles. The Hall–Kier alpha value is -2.51. The molecule has 0 aliphatic carbocycles. The number of nitrogens with zero attached hydrogens (tertiary/aromatic N) is 2. The topological polar surface area (TPSA) is 55.3 Å². The first kappa shape index (κ1) is 21.2. The smallest absolute Gasteiger partial charge is 0.193 e. The third kappa shape index (κ3) is 5.98. The van der Waals surface area contributed by atoms with Crippen LogP contribution in [0, 0.1) is 5.82 Å². The Morgan fingerprint density at radius 3 is 2.86 bits per heavy atom. The summed E-state index contributed by atoms with van der Waals surface area (Å²) in [5.74, 6) is 1.94. The Kier molecular flexibility index (Phi) is 7.55. The zero-order valence-corrected chi connectivity index (χ0v) is 17.3. The van der Waals surface area contributed by atoms with Crippen molar-refractivity contribution in [1.82, 2.24) is 10.2 Å². The molecule has 0 unspecified atom stereocenters. The van der Waals surface area contributed by atoms with Crippen LogP contribution in [0.2, 0.25) is 5.02 Å². The number of hydrogen-bond donors (Lipinski definition) is 1. The van der Waals surface area contributed by atoms with Gasteiger partial charge in [-0.1, -0.05) is 11.6 Å². The van der Waals surface area contributed by atoms with Crippen LogP contribution in [0.1, 0.15) is 11.1 Å². The molecule has 1 aliphatic heterocycles. The maximum atomic E-state index is 13.9. The molecule has 0 spiro atoms. The third-order valence-electron chi connectivity index (χ3n) is 4.51. The van der Waals surface area contributed by atoms with Crippen LogP contribution in [-0.2, 0) is 17.8 Å². The number of hydrogen-bond acceptors (Lipinski definition) is 4. The van der Waals surface area contributed by atoms with Crippen LogP contribution in [0.4, 0.5) is 4.39 Å². The lowest BCUT2D eigenvalue weighted by atomic mass is 10.1. The quantitative estimate of drug-likeness (QED) is 0.548. The van der Waals surface area contributed by atoms with Gasteiger partial charge in [-0.2, -0.15) is 0 Å². The Balaban J connectivity index is 1.47. The third-order valence-corrected chi connectivity index (χ3v) is 4.76. The van der Waals surface area contributed by atoms with Crippen molar-refractivity contribution in [3.63, 3.8) is 0 Å². The minimum atomic E-state index is -0.284. The van der Waals surface area contributed by atoms with Gasteiger partial charge in [0.05, 0.1) is 13.2 Å². The largest absolute Gasteiger partial charge is 0.492 e. The summed E-state index contributed by atoms with van der Waals surface area (Å²) >= 11 is 5.87. The predicted octanol–water partition coefficient (Wildman–Crippen LogP) is 3.47. The molecule has 0 radical (unpaired) electrons. The highest BCUT2D eigenvalue weighted by Crippen LogP contribution is 2.29. The molecule has 6 nitrogen and oxygen atoms in total. The number of fused-ring (bicyclic) bond motifs is 1. The van der Waals surface area contributed by atoms with Crippen LogP contribution in [0.25, 0.3) is 0 Å². The highest BCUT2D eigenvalue weighted by molar-refractivity contribution is 6.30. The summed E-state index contributed by atoms with van der Waals surface area (Å²) in [5.41, 5.74) is 1.56. The van der Waals surface area contributed by atoms with Crippen molar-refractivity contribution < 1.29 is 18.6 Å². The number of halogens is 2. The average Bonchev–Trinajstić information content (AvgIpc) is 2.72. The maximum Gasteiger partial charge on any atom is 0.193 e. The number of likely N-dealkylation sites (N-methyl/N-ethyl adjacent to an activating group) is 1. The molecule has 0 aromatic heterocycles. The van der Waals surface area contributed by atoms with Crippen LogP contribution >= 0.6 is 11.6 Å². The number of nitrogens with one attached hydrogen (secondary N) is 1. The first-order valence-electron chi connectivity index (χ1n) is 9.39. The van der Waals surface area contributed by atoms with Gasteiger partial charge in [-0.15, -0.1) is 0 Å². The van der Waals surface area contributed by atoms with E-state index in [1.807, 2.05) is 24.1 Å². The van der Waals surface area contributed by atoms with Gasteiger partial charge < -0.3 is 24.4 Å². The average molecular weight is 422 g/mol. The van der Waals surface area contributed by atoms with Crippen molar-refractivity contribution in [1.29, 1.82) is 0 Å². The van der Waals surface area contributed by atoms with Gasteiger partial charge in [0, 0.05) is 31.2 Å². The van der Waals surface area contributed by atoms with Gasteiger partial charge >= 0.3 is 0 Å². The van der Waals surface area contributed by atoms with E-state index in [1.54, 1.807) is 19.2 Å². The zero-order chi connectivity index (χ0) is 20.6. The van der Waals surface area contributed by atoms with Crippen molar-refractivity contribution in [3.8, 4) is 11.5 Å². The minimum absolute atomic E-state index is 0.192. The molecule has 1 N–H and O–H groups in total. The first-order valence-corrected chi connectivity index (χ1v) is 9.76. The molecule has 2 aromatic carbocycles. The van der Waals surface area contributed by atoms with Gasteiger partial charge in [0.15, 0.2) is 12.8 Å². The molecule has 0 amide bonds. The molecule has 0 bridgehead atoms. The molecule has 2 aromatic rings. The van der Waals surface area contributed by atoms with Crippen molar-refractivity contribution in [2.45, 2.75) is 13.0 Å². The molecule has 0 atom stereocenters. The molecular weight excluding hydrogens is 397 g/mol. The second kappa shape index (κ2) is 10.3. The maximum absolute atomic E-state index is 13.9. The lowest BCUT2D eigenvalue weighted by molar-refractivity contribution is -0.0172. The Labute approximate surface area is 175 Å². The minimum Gasteiger partial charge on any atom is -0.492 e. The van der Waals surface area contributed by atoms with Gasteiger partial charge in [0.25, 0.3) is 0 Å². The molecule has 1 aliphatic rings. The highest BCUT2D eigenvalue weighted by atomic mass is 35.5. The van der Waals surface area contributed by atoms with Crippen molar-refractivity contribution in [2.75, 3.05) is 40.6 Å². The van der Waals surface area contributed by atoms with Crippen LogP contribution in [-0.4, -0.2) is 51.4 Å². The summed E-state index contributed by atoms with van der Waals surface area (Å²) in [6, 6.07) is 10.2. The van der Waals surface area contributed by atoms with Gasteiger partial charge in [-0.3, -0.25) is 4.99 Å². The summed E-state index contributed by atoms with van der Waals surface area (Å²) in [4.78, 5) is 6.27. The first-order chi connectivity index (χ1) is 14.1. The van der Waals surface area contributed by atoms with E-state index in [-0.39, 0.29) is 12.6 Å². The van der Waals surface area contributed by atoms with Crippen LogP contribution in [0.15, 0.2) is 41.4 Å². The zero-order valence-electron chi connectivity index (χ0n) is 16.6. The monoisotopic (exact) mass is 421 g/mol. The summed E-state index contributed by atoms with van der Waals surface area (Å²) in [5, 5.41) is 3.97. The number of guanidine groups is 1. The van der Waals surface area contributed by atoms with E-state index in [1.165, 1.54) is 12.1 Å². The second-order valence-corrected chi connectivity index (χ2v) is 7.05. The standard InChI is InChI=1S/C21H25ClFN3O3/c1-24-21(26(2)9-10-28-19-5-3-17(22)4-6-19)25-8-7-15-11-18(23)12-16-13-27-14-29-20(15)16/h3-6,11-12H,7-10,13-14H2,1-2H3,(H,24,25). The van der Waals surface area contributed by atoms with Gasteiger partial charge in [0.2, 0.25) is 0 Å². The summed E-state index contributed by atoms with van der Waals surface area (Å²) in [6.07, 6.45) is 0.605. The molecule has 156 valence electrons. The van der Waals surface area contributed by atoms with E-state index in [4.69, 9.17) is 25.8 Å². The van der Waals surface area contributed by atoms with Gasteiger partial charge in [-0.25, -0.2) is 4.39 Å². The van der Waals surface area contributed by atoms with Crippen LogP contribution in [0.5, 0.6) is 11.5 Å². The summed E-state index contributed by atoms with van der Waals surface area (Å²) in [7, 11) is 3.66. The van der Waals surface area contributed by atoms with E-state index in [0.29, 0.717) is 37.7 Å². The molecule has 0 saturated carbocycles. The molecule has 0 saturated heterocycles. The summed E-state index contributed by atoms with van der Waals surface area (Å²) < 4.78 is 30.4. The number of ether oxygens (including phenoxy) is 3. The molecular formula is C21H25ClFN3O3. The van der Waals surface area contributed by atoms with Crippen LogP contribution < -0.4 is 14.8 Å². The van der Waals surface area contributed by atoms with E-state index < -0.39 is 0 Å². The Bertz CT molecular complexity index is 846. The van der Waals surface area contributed by atoms with Crippen molar-refractivity contribution in [3.05, 3.63) is 58.4 Å². The fourth-order valence-electron chi connectivity index (χ4n) is 3.07. The normalized spacial score (nSPS) is 13.4. The van der Waals surface area contributed by atoms with E-state index >= 15 is 0 Å². The van der Waals surface area contributed by atoms with Crippen LogP contribution in [0.3, 0.4) is 0 Å². The predicted molar refractivity (Wildman–Crippen MR) is 111 cm³/mol. The lowest BCUT2D eigenvalue weighted by Gasteiger charge is -2.23. The molecule has 8 heteroatoms. The molecule has 29 heavy (non-hydrogen) atoms. The summed E-state index contributed by atoms with van der Waals surface area (Å²) in [6.45, 7) is 2.31. The molecule has 3 rings (SSSR count). The number of benzene rings is 2. The number of rotatable bonds is 7. The highest BCUT2D eigenvalue weighted by Gasteiger charge is 2.17. The SMILES string of the molecule is CN=C(NCCc1cc(F)cc2c1OCOC2)N(C)CCOc1ccc(Cl)cc1. The number of aliphatic imine (C=N–C) groups is 1. The van der Waals surface area contributed by atoms with E-state index in [9.17, 15) is 4.39 Å².